The van der Waals surface area contributed by atoms with Gasteiger partial charge in [-0.1, -0.05) is 0 Å². The number of hydrogen-bond donors (Lipinski definition) is 1. The molecule has 26 heavy (non-hydrogen) atoms. The van der Waals surface area contributed by atoms with Crippen LogP contribution in [0.4, 0.5) is 5.82 Å². The lowest BCUT2D eigenvalue weighted by Gasteiger charge is -2.27. The van der Waals surface area contributed by atoms with E-state index in [0.717, 1.165) is 18.9 Å². The molecule has 1 aromatic heterocycles. The second-order valence-electron chi connectivity index (χ2n) is 5.66. The second-order valence-corrected chi connectivity index (χ2v) is 7.43. The molecule has 1 fully saturated rings. The van der Waals surface area contributed by atoms with Crippen molar-refractivity contribution < 1.29 is 17.9 Å². The standard InChI is InChI=1S/C17H22N4O4S/c1-2-25-14-3-5-15(6-4-14)26(22,23)19-13-16-18-8-7-17(20-16)21-9-11-24-12-10-21/h3-8,19H,2,9-13H2,1H3. The number of morpholine rings is 1. The number of aromatic nitrogens is 2. The molecule has 1 aromatic carbocycles. The van der Waals surface area contributed by atoms with Crippen molar-refractivity contribution in [3.63, 3.8) is 0 Å². The Balaban J connectivity index is 1.65. The van der Waals surface area contributed by atoms with Gasteiger partial charge >= 0.3 is 0 Å². The van der Waals surface area contributed by atoms with Crippen molar-refractivity contribution >= 4 is 15.8 Å². The van der Waals surface area contributed by atoms with Crippen LogP contribution >= 0.6 is 0 Å². The molecule has 8 nitrogen and oxygen atoms in total. The first-order chi connectivity index (χ1) is 12.6. The Morgan fingerprint density at radius 1 is 1.19 bits per heavy atom. The highest BCUT2D eigenvalue weighted by atomic mass is 32.2. The van der Waals surface area contributed by atoms with Crippen LogP contribution < -0.4 is 14.4 Å². The summed E-state index contributed by atoms with van der Waals surface area (Å²) in [5.74, 6) is 1.83. The van der Waals surface area contributed by atoms with E-state index >= 15 is 0 Å². The molecule has 0 aliphatic carbocycles. The third kappa shape index (κ3) is 4.69. The van der Waals surface area contributed by atoms with Gasteiger partial charge in [-0.15, -0.1) is 0 Å². The predicted octanol–water partition coefficient (Wildman–Crippen LogP) is 1.19. The molecule has 0 radical (unpaired) electrons. The molecular formula is C17H22N4O4S. The summed E-state index contributed by atoms with van der Waals surface area (Å²) in [7, 11) is -3.65. The molecule has 0 spiro atoms. The van der Waals surface area contributed by atoms with E-state index in [2.05, 4.69) is 19.6 Å². The fraction of sp³-hybridized carbons (Fsp3) is 0.412. The topological polar surface area (TPSA) is 93.7 Å². The summed E-state index contributed by atoms with van der Waals surface area (Å²) >= 11 is 0. The summed E-state index contributed by atoms with van der Waals surface area (Å²) in [6.07, 6.45) is 1.64. The largest absolute Gasteiger partial charge is 0.494 e. The third-order valence-corrected chi connectivity index (χ3v) is 5.31. The van der Waals surface area contributed by atoms with Crippen LogP contribution in [0.2, 0.25) is 0 Å². The van der Waals surface area contributed by atoms with E-state index < -0.39 is 10.0 Å². The van der Waals surface area contributed by atoms with Crippen molar-refractivity contribution in [1.82, 2.24) is 14.7 Å². The summed E-state index contributed by atoms with van der Waals surface area (Å²) in [6.45, 7) is 5.25. The van der Waals surface area contributed by atoms with Crippen LogP contribution in [0.5, 0.6) is 5.75 Å². The second kappa shape index (κ2) is 8.43. The van der Waals surface area contributed by atoms with Gasteiger partial charge in [-0.2, -0.15) is 0 Å². The number of nitrogens with zero attached hydrogens (tertiary/aromatic N) is 3. The molecular weight excluding hydrogens is 356 g/mol. The number of hydrogen-bond acceptors (Lipinski definition) is 7. The van der Waals surface area contributed by atoms with E-state index in [4.69, 9.17) is 9.47 Å². The molecule has 0 atom stereocenters. The number of nitrogens with one attached hydrogen (secondary N) is 1. The Hall–Kier alpha value is -2.23. The third-order valence-electron chi connectivity index (χ3n) is 3.89. The highest BCUT2D eigenvalue weighted by Crippen LogP contribution is 2.16. The quantitative estimate of drug-likeness (QED) is 0.773. The molecule has 2 heterocycles. The average Bonchev–Trinajstić information content (AvgIpc) is 2.68. The van der Waals surface area contributed by atoms with Gasteiger partial charge in [-0.3, -0.25) is 0 Å². The minimum Gasteiger partial charge on any atom is -0.494 e. The maximum absolute atomic E-state index is 12.4. The minimum absolute atomic E-state index is 0.0216. The van der Waals surface area contributed by atoms with Gasteiger partial charge in [0, 0.05) is 19.3 Å². The lowest BCUT2D eigenvalue weighted by atomic mass is 10.3. The molecule has 3 rings (SSSR count). The van der Waals surface area contributed by atoms with Crippen molar-refractivity contribution in [3.8, 4) is 5.75 Å². The van der Waals surface area contributed by atoms with E-state index in [0.29, 0.717) is 31.4 Å². The molecule has 1 aliphatic heterocycles. The molecule has 1 N–H and O–H groups in total. The Bertz CT molecular complexity index is 821. The zero-order chi connectivity index (χ0) is 18.4. The van der Waals surface area contributed by atoms with E-state index in [-0.39, 0.29) is 11.4 Å². The first kappa shape index (κ1) is 18.6. The summed E-state index contributed by atoms with van der Waals surface area (Å²) < 4.78 is 38.0. The van der Waals surface area contributed by atoms with Gasteiger partial charge in [0.05, 0.1) is 31.3 Å². The molecule has 1 aliphatic rings. The summed E-state index contributed by atoms with van der Waals surface area (Å²) in [5, 5.41) is 0. The predicted molar refractivity (Wildman–Crippen MR) is 96.7 cm³/mol. The van der Waals surface area contributed by atoms with Gasteiger partial charge in [0.25, 0.3) is 0 Å². The van der Waals surface area contributed by atoms with Gasteiger partial charge in [0.15, 0.2) is 0 Å². The lowest BCUT2D eigenvalue weighted by molar-refractivity contribution is 0.122. The van der Waals surface area contributed by atoms with Crippen LogP contribution in [0.3, 0.4) is 0 Å². The first-order valence-corrected chi connectivity index (χ1v) is 9.94. The number of benzene rings is 1. The van der Waals surface area contributed by atoms with Crippen LogP contribution in [0.15, 0.2) is 41.4 Å². The SMILES string of the molecule is CCOc1ccc(S(=O)(=O)NCc2nccc(N3CCOCC3)n2)cc1. The molecule has 0 bridgehead atoms. The van der Waals surface area contributed by atoms with Crippen LogP contribution in [0, 0.1) is 0 Å². The van der Waals surface area contributed by atoms with Gasteiger partial charge in [0.2, 0.25) is 10.0 Å². The summed E-state index contributed by atoms with van der Waals surface area (Å²) in [6, 6.07) is 8.10. The maximum Gasteiger partial charge on any atom is 0.240 e. The summed E-state index contributed by atoms with van der Waals surface area (Å²) in [4.78, 5) is 10.9. The summed E-state index contributed by atoms with van der Waals surface area (Å²) in [5.41, 5.74) is 0. The van der Waals surface area contributed by atoms with Crippen LogP contribution in [0.1, 0.15) is 12.7 Å². The Morgan fingerprint density at radius 2 is 1.92 bits per heavy atom. The zero-order valence-corrected chi connectivity index (χ0v) is 15.4. The molecule has 1 saturated heterocycles. The number of rotatable bonds is 7. The Labute approximate surface area is 153 Å². The highest BCUT2D eigenvalue weighted by molar-refractivity contribution is 7.89. The molecule has 9 heteroatoms. The smallest absolute Gasteiger partial charge is 0.240 e. The molecule has 0 amide bonds. The maximum atomic E-state index is 12.4. The first-order valence-electron chi connectivity index (χ1n) is 8.45. The number of anilines is 1. The number of ether oxygens (including phenoxy) is 2. The van der Waals surface area contributed by atoms with Crippen molar-refractivity contribution in [2.75, 3.05) is 37.8 Å². The average molecular weight is 378 g/mol. The molecule has 2 aromatic rings. The van der Waals surface area contributed by atoms with Gasteiger partial charge in [-0.05, 0) is 37.3 Å². The molecule has 0 saturated carbocycles. The van der Waals surface area contributed by atoms with Crippen LogP contribution in [-0.4, -0.2) is 51.3 Å². The minimum atomic E-state index is -3.65. The van der Waals surface area contributed by atoms with E-state index in [9.17, 15) is 8.42 Å². The van der Waals surface area contributed by atoms with Crippen LogP contribution in [-0.2, 0) is 21.3 Å². The van der Waals surface area contributed by atoms with Gasteiger partial charge < -0.3 is 14.4 Å². The molecule has 140 valence electrons. The van der Waals surface area contributed by atoms with E-state index in [1.165, 1.54) is 12.1 Å². The van der Waals surface area contributed by atoms with E-state index in [1.54, 1.807) is 18.3 Å². The Kier molecular flexibility index (Phi) is 6.02. The monoisotopic (exact) mass is 378 g/mol. The Morgan fingerprint density at radius 3 is 2.62 bits per heavy atom. The fourth-order valence-corrected chi connectivity index (χ4v) is 3.55. The van der Waals surface area contributed by atoms with Crippen molar-refractivity contribution in [3.05, 3.63) is 42.4 Å². The van der Waals surface area contributed by atoms with Crippen molar-refractivity contribution in [2.45, 2.75) is 18.4 Å². The normalized spacial score (nSPS) is 15.0. The number of sulfonamides is 1. The lowest BCUT2D eigenvalue weighted by Crippen LogP contribution is -2.37. The fourth-order valence-electron chi connectivity index (χ4n) is 2.57. The van der Waals surface area contributed by atoms with Crippen LogP contribution in [0.25, 0.3) is 0 Å². The van der Waals surface area contributed by atoms with Gasteiger partial charge in [0.1, 0.15) is 17.4 Å². The zero-order valence-electron chi connectivity index (χ0n) is 14.6. The highest BCUT2D eigenvalue weighted by Gasteiger charge is 2.16. The van der Waals surface area contributed by atoms with Crippen molar-refractivity contribution in [1.29, 1.82) is 0 Å². The van der Waals surface area contributed by atoms with Gasteiger partial charge in [-0.25, -0.2) is 23.1 Å². The van der Waals surface area contributed by atoms with Crippen molar-refractivity contribution in [2.24, 2.45) is 0 Å². The van der Waals surface area contributed by atoms with E-state index in [1.807, 2.05) is 13.0 Å². The molecule has 0 unspecified atom stereocenters.